The highest BCUT2D eigenvalue weighted by molar-refractivity contribution is 7.22. The number of carbonyl (C=O) groups is 1. The Hall–Kier alpha value is -4.87. The van der Waals surface area contributed by atoms with Gasteiger partial charge in [-0.1, -0.05) is 12.5 Å². The van der Waals surface area contributed by atoms with E-state index < -0.39 is 17.7 Å². The molecule has 5 heterocycles. The van der Waals surface area contributed by atoms with Gasteiger partial charge in [0, 0.05) is 40.8 Å². The number of thiazole rings is 1. The second kappa shape index (κ2) is 13.3. The number of aliphatic carboxylic acids is 1. The van der Waals surface area contributed by atoms with E-state index >= 15 is 0 Å². The summed E-state index contributed by atoms with van der Waals surface area (Å²) in [6.07, 6.45) is 7.29. The maximum Gasteiger partial charge on any atom is 0.337 e. The third-order valence-electron chi connectivity index (χ3n) is 10.1. The first-order chi connectivity index (χ1) is 24.9. The van der Waals surface area contributed by atoms with Gasteiger partial charge in [-0.05, 0) is 113 Å². The second-order valence-corrected chi connectivity index (χ2v) is 16.1. The molecule has 0 saturated carbocycles. The predicted molar refractivity (Wildman–Crippen MR) is 203 cm³/mol. The van der Waals surface area contributed by atoms with E-state index in [1.54, 1.807) is 6.20 Å². The number of rotatable bonds is 3. The van der Waals surface area contributed by atoms with E-state index in [0.717, 1.165) is 103 Å². The number of hydrogen-bond acceptors (Lipinski definition) is 9. The second-order valence-electron chi connectivity index (χ2n) is 15.1. The lowest BCUT2D eigenvalue weighted by Gasteiger charge is -2.29. The number of carboxylic acids is 1. The molecule has 0 fully saturated rings. The van der Waals surface area contributed by atoms with Gasteiger partial charge in [0.05, 0.1) is 52.1 Å². The lowest BCUT2D eigenvalue weighted by atomic mass is 9.85. The van der Waals surface area contributed by atoms with Crippen molar-refractivity contribution >= 4 is 38.4 Å². The molecule has 0 saturated heterocycles. The molecule has 2 unspecified atom stereocenters. The minimum Gasteiger partial charge on any atom is -0.493 e. The molecule has 3 atom stereocenters. The average Bonchev–Trinajstić information content (AvgIpc) is 3.70. The molecule has 268 valence electrons. The molecule has 6 bridgehead atoms. The van der Waals surface area contributed by atoms with Gasteiger partial charge in [-0.25, -0.2) is 9.78 Å². The SMILES string of the molecule is Cc1cc2nc3sc2c(c1C(OC(C)(C)C)C(=O)O)-c1ccc2c(c1)C(CCCC[C@H](C)Oc1cc4c(cnn4C)cc1-c1cc-3cnn1)CCO2. The molecule has 0 aliphatic carbocycles. The van der Waals surface area contributed by atoms with Crippen molar-refractivity contribution in [1.29, 1.82) is 0 Å². The van der Waals surface area contributed by atoms with E-state index in [-0.39, 0.29) is 6.10 Å². The van der Waals surface area contributed by atoms with Crippen molar-refractivity contribution in [2.45, 2.75) is 90.4 Å². The van der Waals surface area contributed by atoms with Crippen LogP contribution >= 0.6 is 11.3 Å². The molecule has 2 aliphatic rings. The molecule has 1 N–H and O–H groups in total. The molecule has 8 rings (SSSR count). The largest absolute Gasteiger partial charge is 0.493 e. The van der Waals surface area contributed by atoms with Crippen LogP contribution in [0.5, 0.6) is 11.5 Å². The average molecular weight is 718 g/mol. The maximum absolute atomic E-state index is 13.0. The van der Waals surface area contributed by atoms with E-state index in [9.17, 15) is 9.90 Å². The normalized spacial score (nSPS) is 18.2. The molecule has 11 heteroatoms. The third kappa shape index (κ3) is 6.41. The van der Waals surface area contributed by atoms with Crippen LogP contribution in [-0.2, 0) is 16.6 Å². The molecular weight excluding hydrogens is 675 g/mol. The zero-order valence-corrected chi connectivity index (χ0v) is 31.2. The Morgan fingerprint density at radius 3 is 2.67 bits per heavy atom. The number of carboxylic acid groups (broad SMARTS) is 1. The Labute approximate surface area is 306 Å². The first kappa shape index (κ1) is 34.2. The first-order valence-corrected chi connectivity index (χ1v) is 18.8. The lowest BCUT2D eigenvalue weighted by Crippen LogP contribution is -2.28. The number of hydrogen-bond donors (Lipinski definition) is 1. The monoisotopic (exact) mass is 717 g/mol. The Bertz CT molecular complexity index is 2340. The zero-order valence-electron chi connectivity index (χ0n) is 30.4. The fourth-order valence-corrected chi connectivity index (χ4v) is 8.76. The molecule has 0 amide bonds. The van der Waals surface area contributed by atoms with Gasteiger partial charge in [-0.2, -0.15) is 15.3 Å². The summed E-state index contributed by atoms with van der Waals surface area (Å²) in [5.74, 6) is 0.922. The summed E-state index contributed by atoms with van der Waals surface area (Å²) in [6.45, 7) is 10.4. The number of ether oxygens (including phenoxy) is 3. The van der Waals surface area contributed by atoms with Crippen LogP contribution in [0.4, 0.5) is 0 Å². The lowest BCUT2D eigenvalue weighted by molar-refractivity contribution is -0.160. The zero-order chi connectivity index (χ0) is 36.3. The molecule has 52 heavy (non-hydrogen) atoms. The summed E-state index contributed by atoms with van der Waals surface area (Å²) < 4.78 is 21.9. The molecular formula is C41H43N5O5S. The van der Waals surface area contributed by atoms with Crippen LogP contribution in [-0.4, -0.2) is 54.3 Å². The van der Waals surface area contributed by atoms with E-state index in [0.29, 0.717) is 23.8 Å². The minimum absolute atomic E-state index is 0.0168. The van der Waals surface area contributed by atoms with Gasteiger partial charge >= 0.3 is 5.97 Å². The van der Waals surface area contributed by atoms with E-state index in [1.807, 2.05) is 69.9 Å². The van der Waals surface area contributed by atoms with Gasteiger partial charge in [0.1, 0.15) is 16.5 Å². The van der Waals surface area contributed by atoms with Crippen LogP contribution in [0.1, 0.15) is 88.5 Å². The number of nitrogens with zero attached hydrogens (tertiary/aromatic N) is 5. The highest BCUT2D eigenvalue weighted by atomic mass is 32.1. The van der Waals surface area contributed by atoms with Crippen molar-refractivity contribution in [3.05, 3.63) is 71.5 Å². The van der Waals surface area contributed by atoms with Gasteiger partial charge in [0.25, 0.3) is 0 Å². The van der Waals surface area contributed by atoms with E-state index in [1.165, 1.54) is 11.3 Å². The highest BCUT2D eigenvalue weighted by Crippen LogP contribution is 2.47. The summed E-state index contributed by atoms with van der Waals surface area (Å²) in [4.78, 5) is 18.2. The number of aromatic nitrogens is 5. The van der Waals surface area contributed by atoms with Gasteiger partial charge < -0.3 is 19.3 Å². The van der Waals surface area contributed by atoms with Crippen LogP contribution in [0, 0.1) is 6.92 Å². The summed E-state index contributed by atoms with van der Waals surface area (Å²) in [7, 11) is 1.93. The van der Waals surface area contributed by atoms with Crippen molar-refractivity contribution in [1.82, 2.24) is 25.0 Å². The fourth-order valence-electron chi connectivity index (χ4n) is 7.66. The highest BCUT2D eigenvalue weighted by Gasteiger charge is 2.33. The standard InChI is InChI=1S/C41H43N5O5S/c1-22-15-31-38-36(35(22)37(40(47)48)51-41(3,4)5)25-11-12-33-28(16-25)24(13-14-49-33)10-8-7-9-23(2)50-34-19-32-26(21-43-46(32)6)17-29(34)30-18-27(20-42-45-30)39(44-31)52-38/h11-12,15-21,23-24,37H,7-10,13-14H2,1-6H3,(H,47,48)/t23-,24?,37?/m0/s1. The molecule has 2 aliphatic heterocycles. The van der Waals surface area contributed by atoms with Crippen molar-refractivity contribution in [2.24, 2.45) is 7.05 Å². The molecule has 3 aromatic carbocycles. The van der Waals surface area contributed by atoms with Crippen molar-refractivity contribution in [3.63, 3.8) is 0 Å². The fraction of sp³-hybridized carbons (Fsp3) is 0.390. The molecule has 3 aromatic heterocycles. The van der Waals surface area contributed by atoms with Crippen molar-refractivity contribution < 1.29 is 24.1 Å². The number of fused-ring (bicyclic) bond motifs is 9. The minimum atomic E-state index is -1.19. The van der Waals surface area contributed by atoms with Gasteiger partial charge in [0.2, 0.25) is 0 Å². The van der Waals surface area contributed by atoms with Crippen LogP contribution in [0.25, 0.3) is 54.1 Å². The van der Waals surface area contributed by atoms with Crippen LogP contribution in [0.15, 0.2) is 54.9 Å². The number of benzene rings is 3. The quantitative estimate of drug-likeness (QED) is 0.191. The topological polar surface area (TPSA) is 121 Å². The maximum atomic E-state index is 13.0. The van der Waals surface area contributed by atoms with Crippen molar-refractivity contribution in [3.8, 4) is 44.5 Å². The molecule has 0 spiro atoms. The first-order valence-electron chi connectivity index (χ1n) is 18.0. The van der Waals surface area contributed by atoms with E-state index in [4.69, 9.17) is 19.2 Å². The van der Waals surface area contributed by atoms with Crippen LogP contribution in [0.3, 0.4) is 0 Å². The third-order valence-corrected chi connectivity index (χ3v) is 11.3. The summed E-state index contributed by atoms with van der Waals surface area (Å²) in [6, 6.07) is 14.4. The Morgan fingerprint density at radius 1 is 1.04 bits per heavy atom. The molecule has 0 radical (unpaired) electrons. The van der Waals surface area contributed by atoms with Gasteiger partial charge in [-0.15, -0.1) is 11.3 Å². The Balaban J connectivity index is 1.37. The van der Waals surface area contributed by atoms with Crippen LogP contribution < -0.4 is 9.47 Å². The van der Waals surface area contributed by atoms with Gasteiger partial charge in [-0.3, -0.25) is 4.68 Å². The predicted octanol–water partition coefficient (Wildman–Crippen LogP) is 9.43. The Kier molecular flexibility index (Phi) is 8.74. The summed E-state index contributed by atoms with van der Waals surface area (Å²) in [5, 5.41) is 25.9. The van der Waals surface area contributed by atoms with Crippen molar-refractivity contribution in [2.75, 3.05) is 6.61 Å². The summed E-state index contributed by atoms with van der Waals surface area (Å²) in [5.41, 5.74) is 7.74. The molecule has 10 nitrogen and oxygen atoms in total. The van der Waals surface area contributed by atoms with Crippen LogP contribution in [0.2, 0.25) is 0 Å². The Morgan fingerprint density at radius 2 is 1.87 bits per heavy atom. The van der Waals surface area contributed by atoms with E-state index in [2.05, 4.69) is 40.4 Å². The smallest absolute Gasteiger partial charge is 0.337 e. The summed E-state index contributed by atoms with van der Waals surface area (Å²) >= 11 is 1.52. The van der Waals surface area contributed by atoms with Gasteiger partial charge in [0.15, 0.2) is 6.10 Å². The number of aryl methyl sites for hydroxylation is 2. The molecule has 6 aromatic rings.